The average molecular weight is 514 g/mol. The molecule has 1 aliphatic rings. The standard InChI is InChI=1S/C21H16ClF4N5O4/c1-8-17(18(22)31-30-8)29-20(33)11-5-12(23)10(6-15(11)35-9(2)21(24,25)26)13-3-4-14-19(27-13)28-16(32)7-34-14/h3-6,9H,7H2,1-2H3,(H,29,33)(H,30,31)(H,27,28,32)/t9-/m0/s1. The number of fused-ring (bicyclic) bond motifs is 1. The zero-order valence-corrected chi connectivity index (χ0v) is 18.8. The fourth-order valence-corrected chi connectivity index (χ4v) is 3.35. The molecule has 0 saturated heterocycles. The molecule has 0 bridgehead atoms. The van der Waals surface area contributed by atoms with Gasteiger partial charge < -0.3 is 20.1 Å². The minimum Gasteiger partial charge on any atom is -0.480 e. The van der Waals surface area contributed by atoms with Crippen LogP contribution in [0.15, 0.2) is 24.3 Å². The van der Waals surface area contributed by atoms with Gasteiger partial charge in [0.25, 0.3) is 11.8 Å². The Morgan fingerprint density at radius 3 is 2.71 bits per heavy atom. The number of aromatic amines is 1. The van der Waals surface area contributed by atoms with Gasteiger partial charge >= 0.3 is 6.18 Å². The number of anilines is 2. The molecule has 0 aliphatic carbocycles. The van der Waals surface area contributed by atoms with Gasteiger partial charge in [-0.3, -0.25) is 14.7 Å². The molecule has 1 aliphatic heterocycles. The maximum absolute atomic E-state index is 15.1. The predicted molar refractivity (Wildman–Crippen MR) is 116 cm³/mol. The summed E-state index contributed by atoms with van der Waals surface area (Å²) in [6, 6.07) is 4.42. The molecular weight excluding hydrogens is 498 g/mol. The molecule has 4 rings (SSSR count). The van der Waals surface area contributed by atoms with Crippen LogP contribution in [0.25, 0.3) is 11.3 Å². The molecule has 0 spiro atoms. The van der Waals surface area contributed by atoms with Crippen LogP contribution in [0.4, 0.5) is 29.1 Å². The molecule has 35 heavy (non-hydrogen) atoms. The molecule has 2 aromatic heterocycles. The lowest BCUT2D eigenvalue weighted by atomic mass is 10.0. The summed E-state index contributed by atoms with van der Waals surface area (Å²) in [5, 5.41) is 11.1. The van der Waals surface area contributed by atoms with Gasteiger partial charge in [0.05, 0.1) is 17.0 Å². The van der Waals surface area contributed by atoms with Crippen molar-refractivity contribution in [1.29, 1.82) is 0 Å². The monoisotopic (exact) mass is 513 g/mol. The predicted octanol–water partition coefficient (Wildman–Crippen LogP) is 4.49. The van der Waals surface area contributed by atoms with E-state index in [-0.39, 0.29) is 40.3 Å². The third-order valence-electron chi connectivity index (χ3n) is 4.97. The summed E-state index contributed by atoms with van der Waals surface area (Å²) in [6.45, 7) is 2.04. The SMILES string of the molecule is Cc1n[nH]c(Cl)c1NC(=O)c1cc(F)c(-c2ccc3c(n2)NC(=O)CO3)cc1O[C@@H](C)C(F)(F)F. The third-order valence-corrected chi connectivity index (χ3v) is 5.24. The van der Waals surface area contributed by atoms with Crippen molar-refractivity contribution < 1.29 is 36.6 Å². The molecule has 0 unspecified atom stereocenters. The maximum Gasteiger partial charge on any atom is 0.425 e. The molecular formula is C21H16ClF4N5O4. The number of H-pyrrole nitrogens is 1. The van der Waals surface area contributed by atoms with Gasteiger partial charge in [0.1, 0.15) is 22.4 Å². The van der Waals surface area contributed by atoms with Crippen LogP contribution in [0.5, 0.6) is 11.5 Å². The molecule has 3 N–H and O–H groups in total. The highest BCUT2D eigenvalue weighted by molar-refractivity contribution is 6.33. The number of hydrogen-bond donors (Lipinski definition) is 3. The fraction of sp³-hybridized carbons (Fsp3) is 0.238. The normalized spacial score (nSPS) is 14.0. The highest BCUT2D eigenvalue weighted by Gasteiger charge is 2.39. The van der Waals surface area contributed by atoms with E-state index >= 15 is 4.39 Å². The van der Waals surface area contributed by atoms with E-state index in [9.17, 15) is 22.8 Å². The van der Waals surface area contributed by atoms with E-state index in [1.807, 2.05) is 0 Å². The number of aromatic nitrogens is 3. The van der Waals surface area contributed by atoms with E-state index in [0.29, 0.717) is 5.69 Å². The van der Waals surface area contributed by atoms with Crippen molar-refractivity contribution in [2.45, 2.75) is 26.1 Å². The van der Waals surface area contributed by atoms with Gasteiger partial charge in [0.2, 0.25) is 0 Å². The van der Waals surface area contributed by atoms with E-state index in [4.69, 9.17) is 21.1 Å². The van der Waals surface area contributed by atoms with Crippen molar-refractivity contribution >= 4 is 34.9 Å². The first-order valence-electron chi connectivity index (χ1n) is 9.97. The number of nitrogens with zero attached hydrogens (tertiary/aromatic N) is 2. The summed E-state index contributed by atoms with van der Waals surface area (Å²) < 4.78 is 65.0. The largest absolute Gasteiger partial charge is 0.480 e. The Kier molecular flexibility index (Phi) is 6.28. The molecule has 0 fully saturated rings. The van der Waals surface area contributed by atoms with Crippen LogP contribution in [-0.4, -0.2) is 45.9 Å². The van der Waals surface area contributed by atoms with Gasteiger partial charge in [-0.05, 0) is 38.1 Å². The smallest absolute Gasteiger partial charge is 0.425 e. The first-order chi connectivity index (χ1) is 16.4. The first kappa shape index (κ1) is 24.3. The van der Waals surface area contributed by atoms with Crippen LogP contribution in [0.3, 0.4) is 0 Å². The average Bonchev–Trinajstić information content (AvgIpc) is 3.10. The number of amides is 2. The molecule has 14 heteroatoms. The molecule has 9 nitrogen and oxygen atoms in total. The van der Waals surface area contributed by atoms with Gasteiger partial charge in [0.15, 0.2) is 24.3 Å². The third kappa shape index (κ3) is 4.99. The summed E-state index contributed by atoms with van der Waals surface area (Å²) in [7, 11) is 0. The zero-order valence-electron chi connectivity index (χ0n) is 18.0. The second-order valence-electron chi connectivity index (χ2n) is 7.46. The van der Waals surface area contributed by atoms with Crippen LogP contribution in [0.2, 0.25) is 5.15 Å². The molecule has 3 aromatic rings. The second-order valence-corrected chi connectivity index (χ2v) is 7.84. The molecule has 0 saturated carbocycles. The number of pyridine rings is 1. The molecule has 2 amide bonds. The molecule has 1 atom stereocenters. The minimum atomic E-state index is -4.77. The number of aryl methyl sites for hydroxylation is 1. The molecule has 3 heterocycles. The second kappa shape index (κ2) is 9.06. The summed E-state index contributed by atoms with van der Waals surface area (Å²) >= 11 is 5.93. The first-order valence-corrected chi connectivity index (χ1v) is 10.3. The van der Waals surface area contributed by atoms with Crippen LogP contribution in [-0.2, 0) is 4.79 Å². The number of carbonyl (C=O) groups excluding carboxylic acids is 2. The fourth-order valence-electron chi connectivity index (χ4n) is 3.13. The number of nitrogens with one attached hydrogen (secondary N) is 3. The van der Waals surface area contributed by atoms with Crippen molar-refractivity contribution in [3.8, 4) is 22.8 Å². The van der Waals surface area contributed by atoms with Crippen molar-refractivity contribution in [2.75, 3.05) is 17.2 Å². The van der Waals surface area contributed by atoms with Crippen molar-refractivity contribution in [1.82, 2.24) is 15.2 Å². The number of halogens is 5. The molecule has 0 radical (unpaired) electrons. The van der Waals surface area contributed by atoms with E-state index in [2.05, 4.69) is 25.8 Å². The van der Waals surface area contributed by atoms with Crippen molar-refractivity contribution in [3.63, 3.8) is 0 Å². The number of carbonyl (C=O) groups is 2. The van der Waals surface area contributed by atoms with E-state index in [0.717, 1.165) is 19.1 Å². The quantitative estimate of drug-likeness (QED) is 0.433. The summed E-state index contributed by atoms with van der Waals surface area (Å²) in [5.74, 6) is -2.75. The lowest BCUT2D eigenvalue weighted by molar-refractivity contribution is -0.189. The Bertz CT molecular complexity index is 1310. The van der Waals surface area contributed by atoms with Gasteiger partial charge in [0, 0.05) is 5.56 Å². The van der Waals surface area contributed by atoms with Gasteiger partial charge in [-0.15, -0.1) is 0 Å². The van der Waals surface area contributed by atoms with Crippen LogP contribution in [0, 0.1) is 12.7 Å². The number of alkyl halides is 3. The number of ether oxygens (including phenoxy) is 2. The maximum atomic E-state index is 15.1. The Balaban J connectivity index is 1.77. The number of benzene rings is 1. The van der Waals surface area contributed by atoms with E-state index in [1.165, 1.54) is 19.1 Å². The molecule has 184 valence electrons. The zero-order chi connectivity index (χ0) is 25.5. The lowest BCUT2D eigenvalue weighted by Gasteiger charge is -2.21. The van der Waals surface area contributed by atoms with Crippen LogP contribution >= 0.6 is 11.6 Å². The minimum absolute atomic E-state index is 0.0103. The van der Waals surface area contributed by atoms with Gasteiger partial charge in [-0.1, -0.05) is 11.6 Å². The van der Waals surface area contributed by atoms with E-state index < -0.39 is 41.2 Å². The summed E-state index contributed by atoms with van der Waals surface area (Å²) in [4.78, 5) is 28.6. The van der Waals surface area contributed by atoms with Crippen LogP contribution in [0.1, 0.15) is 23.0 Å². The topological polar surface area (TPSA) is 118 Å². The Hall–Kier alpha value is -3.87. The Morgan fingerprint density at radius 2 is 2.06 bits per heavy atom. The van der Waals surface area contributed by atoms with E-state index in [1.54, 1.807) is 0 Å². The van der Waals surface area contributed by atoms with Crippen molar-refractivity contribution in [3.05, 3.63) is 46.5 Å². The molecule has 1 aromatic carbocycles. The Labute approximate surface area is 199 Å². The highest BCUT2D eigenvalue weighted by atomic mass is 35.5. The van der Waals surface area contributed by atoms with Crippen molar-refractivity contribution in [2.24, 2.45) is 0 Å². The highest BCUT2D eigenvalue weighted by Crippen LogP contribution is 2.36. The Morgan fingerprint density at radius 1 is 1.31 bits per heavy atom. The summed E-state index contributed by atoms with van der Waals surface area (Å²) in [5.41, 5.74) is -0.464. The summed E-state index contributed by atoms with van der Waals surface area (Å²) in [6.07, 6.45) is -7.09. The number of hydrogen-bond acceptors (Lipinski definition) is 6. The van der Waals surface area contributed by atoms with Crippen LogP contribution < -0.4 is 20.1 Å². The van der Waals surface area contributed by atoms with Gasteiger partial charge in [-0.2, -0.15) is 18.3 Å². The van der Waals surface area contributed by atoms with Gasteiger partial charge in [-0.25, -0.2) is 9.37 Å². The lowest BCUT2D eigenvalue weighted by Crippen LogP contribution is -2.32. The number of rotatable bonds is 5.